The summed E-state index contributed by atoms with van der Waals surface area (Å²) in [5, 5.41) is 0. The van der Waals surface area contributed by atoms with E-state index in [1.54, 1.807) is 0 Å². The smallest absolute Gasteiger partial charge is 0.201 e. The fourth-order valence-corrected chi connectivity index (χ4v) is 23.3. The van der Waals surface area contributed by atoms with E-state index in [-0.39, 0.29) is 0 Å². The van der Waals surface area contributed by atoms with Crippen molar-refractivity contribution in [2.75, 3.05) is 0 Å². The van der Waals surface area contributed by atoms with Crippen LogP contribution in [0, 0.1) is 111 Å². The molecule has 124 heavy (non-hydrogen) atoms. The first kappa shape index (κ1) is 78.5. The van der Waals surface area contributed by atoms with Crippen molar-refractivity contribution in [3.05, 3.63) is 397 Å². The Morgan fingerprint density at radius 3 is 0.863 bits per heavy atom. The molecule has 4 heteroatoms. The van der Waals surface area contributed by atoms with Crippen LogP contribution in [-0.4, -0.2) is 0 Å². The predicted octanol–water partition coefficient (Wildman–Crippen LogP) is 26.2. The Bertz CT molecular complexity index is 7330. The highest BCUT2D eigenvalue weighted by Crippen LogP contribution is 2.53. The van der Waals surface area contributed by atoms with E-state index in [4.69, 9.17) is 0 Å². The van der Waals surface area contributed by atoms with Gasteiger partial charge in [0.2, 0.25) is 22.8 Å². The van der Waals surface area contributed by atoms with Crippen LogP contribution in [0.4, 0.5) is 0 Å². The van der Waals surface area contributed by atoms with Crippen molar-refractivity contribution in [2.24, 2.45) is 28.2 Å². The summed E-state index contributed by atoms with van der Waals surface area (Å²) in [4.78, 5) is 0. The Hall–Kier alpha value is -12.8. The monoisotopic (exact) mass is 1610 g/mol. The lowest BCUT2D eigenvalue weighted by Crippen LogP contribution is -2.32. The molecule has 0 saturated heterocycles. The zero-order valence-corrected chi connectivity index (χ0v) is 76.2. The Morgan fingerprint density at radius 1 is 0.169 bits per heavy atom. The molecule has 0 saturated carbocycles. The molecule has 0 bridgehead atoms. The van der Waals surface area contributed by atoms with Gasteiger partial charge in [0.15, 0.2) is 24.8 Å². The van der Waals surface area contributed by atoms with Crippen LogP contribution in [-0.2, 0) is 79.6 Å². The molecule has 24 rings (SSSR count). The van der Waals surface area contributed by atoms with E-state index < -0.39 is 0 Å². The Labute approximate surface area is 734 Å². The number of hydrogen-bond acceptors (Lipinski definition) is 0. The predicted molar refractivity (Wildman–Crippen MR) is 514 cm³/mol. The molecular weight excluding hydrogens is 1500 g/mol. The first-order chi connectivity index (χ1) is 59.6. The van der Waals surface area contributed by atoms with Crippen molar-refractivity contribution in [3.8, 4) is 134 Å². The number of hydrogen-bond donors (Lipinski definition) is 0. The van der Waals surface area contributed by atoms with E-state index in [1.165, 1.54) is 312 Å². The van der Waals surface area contributed by atoms with Gasteiger partial charge in [-0.2, -0.15) is 0 Å². The fraction of sp³-hybridized carbons (Fsp3) is 0.233. The van der Waals surface area contributed by atoms with Crippen LogP contribution in [0.3, 0.4) is 0 Å². The largest absolute Gasteiger partial charge is 0.216 e. The molecule has 4 heterocycles. The Kier molecular flexibility index (Phi) is 18.7. The second-order valence-corrected chi connectivity index (χ2v) is 38.3. The van der Waals surface area contributed by atoms with Gasteiger partial charge in [-0.15, -0.1) is 0 Å². The molecule has 16 aromatic rings. The van der Waals surface area contributed by atoms with Gasteiger partial charge in [-0.1, -0.05) is 155 Å². The minimum absolute atomic E-state index is 1.02. The third-order valence-corrected chi connectivity index (χ3v) is 29.9. The van der Waals surface area contributed by atoms with Crippen molar-refractivity contribution in [1.82, 2.24) is 0 Å². The van der Waals surface area contributed by atoms with Gasteiger partial charge in [0.05, 0.1) is 0 Å². The highest BCUT2D eigenvalue weighted by molar-refractivity contribution is 5.95. The Morgan fingerprint density at radius 2 is 0.452 bits per heavy atom. The van der Waals surface area contributed by atoms with Gasteiger partial charge in [0, 0.05) is 94.5 Å². The summed E-state index contributed by atoms with van der Waals surface area (Å²) in [6.45, 7) is 35.7. The van der Waals surface area contributed by atoms with Crippen LogP contribution in [0.5, 0.6) is 0 Å². The lowest BCUT2D eigenvalue weighted by molar-refractivity contribution is -0.660. The van der Waals surface area contributed by atoms with E-state index in [2.05, 4.69) is 376 Å². The number of rotatable bonds is 4. The molecule has 0 spiro atoms. The molecule has 0 aliphatic heterocycles. The summed E-state index contributed by atoms with van der Waals surface area (Å²) in [5.41, 5.74) is 79.3. The summed E-state index contributed by atoms with van der Waals surface area (Å²) < 4.78 is 9.27. The van der Waals surface area contributed by atoms with Crippen molar-refractivity contribution in [1.29, 1.82) is 0 Å². The van der Waals surface area contributed by atoms with Gasteiger partial charge in [-0.3, -0.25) is 0 Å². The zero-order valence-electron chi connectivity index (χ0n) is 76.2. The molecule has 0 amide bonds. The number of pyridine rings is 4. The zero-order chi connectivity index (χ0) is 85.8. The van der Waals surface area contributed by atoms with Gasteiger partial charge in [-0.05, 0) is 396 Å². The number of nitrogens with zero attached hydrogens (tertiary/aromatic N) is 4. The van der Waals surface area contributed by atoms with Gasteiger partial charge in [0.1, 0.15) is 28.2 Å². The average molecular weight is 1610 g/mol. The molecule has 0 atom stereocenters. The number of benzene rings is 12. The van der Waals surface area contributed by atoms with E-state index >= 15 is 0 Å². The minimum Gasteiger partial charge on any atom is -0.201 e. The highest BCUT2D eigenvalue weighted by atomic mass is 14.9. The number of aryl methyl sites for hydroxylation is 16. The molecule has 4 nitrogen and oxygen atoms in total. The van der Waals surface area contributed by atoms with Gasteiger partial charge < -0.3 is 0 Å². The number of aromatic nitrogens is 4. The first-order valence-electron chi connectivity index (χ1n) is 45.1. The molecule has 0 unspecified atom stereocenters. The van der Waals surface area contributed by atoms with E-state index in [0.29, 0.717) is 0 Å². The fourth-order valence-electron chi connectivity index (χ4n) is 23.3. The SMILES string of the molecule is Cc1cc(C)c(C)c(-c2c3c(cc[n+]2C)-c2cc4c(cc2C3)Cc2c(C)cccc2-4)c1.Cc1cc(C)c(C)c(-c2c3c(cc[n+]2C)-c2cc4c(cc2C3)Cc2cccc(C)c2-4)c1.Cc1ccc2c(c1)-c1cc3c(cc1C2)Cc1c-3cc[n+](C)c1-c1cc(C)cc(C)c1C.Cc1ccc2c(c1)Cc1cc3c(cc1-2)-c1cc[n+](C)c(-c2cc(C)cc(C)c2C)c1C3. The molecule has 0 N–H and O–H groups in total. The third kappa shape index (κ3) is 12.7. The summed E-state index contributed by atoms with van der Waals surface area (Å²) >= 11 is 0. The van der Waals surface area contributed by atoms with Gasteiger partial charge in [-0.25, -0.2) is 18.3 Å². The molecular formula is C120H112N4+4. The van der Waals surface area contributed by atoms with E-state index in [0.717, 1.165) is 51.4 Å². The number of fused-ring (bicyclic) bond motifs is 24. The summed E-state index contributed by atoms with van der Waals surface area (Å²) in [7, 11) is 8.76. The second-order valence-electron chi connectivity index (χ2n) is 38.3. The highest BCUT2D eigenvalue weighted by Gasteiger charge is 2.38. The molecule has 4 aromatic heterocycles. The lowest BCUT2D eigenvalue weighted by atomic mass is 9.93. The quantitative estimate of drug-likeness (QED) is 0.156. The normalized spacial score (nSPS) is 13.1. The molecule has 8 aliphatic carbocycles. The topological polar surface area (TPSA) is 15.5 Å². The van der Waals surface area contributed by atoms with Crippen molar-refractivity contribution in [3.63, 3.8) is 0 Å². The molecule has 8 aliphatic rings. The summed E-state index contributed by atoms with van der Waals surface area (Å²) in [6, 6.07) is 75.0. The van der Waals surface area contributed by atoms with Crippen LogP contribution in [0.25, 0.3) is 134 Å². The van der Waals surface area contributed by atoms with E-state index in [1.807, 2.05) is 0 Å². The summed E-state index contributed by atoms with van der Waals surface area (Å²) in [5.74, 6) is 0. The average Bonchev–Trinajstić information content (AvgIpc) is 1.59. The minimum atomic E-state index is 1.02. The maximum absolute atomic E-state index is 2.49. The maximum Gasteiger partial charge on any atom is 0.216 e. The van der Waals surface area contributed by atoms with Crippen molar-refractivity contribution in [2.45, 2.75) is 162 Å². The van der Waals surface area contributed by atoms with Gasteiger partial charge in [0.25, 0.3) is 0 Å². The van der Waals surface area contributed by atoms with E-state index in [9.17, 15) is 0 Å². The summed E-state index contributed by atoms with van der Waals surface area (Å²) in [6.07, 6.45) is 17.3. The van der Waals surface area contributed by atoms with Crippen molar-refractivity contribution < 1.29 is 18.3 Å². The van der Waals surface area contributed by atoms with Crippen LogP contribution in [0.1, 0.15) is 178 Å². The van der Waals surface area contributed by atoms with Crippen LogP contribution < -0.4 is 18.3 Å². The van der Waals surface area contributed by atoms with Crippen molar-refractivity contribution >= 4 is 0 Å². The van der Waals surface area contributed by atoms with Crippen LogP contribution >= 0.6 is 0 Å². The molecule has 608 valence electrons. The molecule has 12 aromatic carbocycles. The second kappa shape index (κ2) is 29.5. The van der Waals surface area contributed by atoms with Gasteiger partial charge >= 0.3 is 0 Å². The molecule has 0 fully saturated rings. The van der Waals surface area contributed by atoms with Crippen LogP contribution in [0.15, 0.2) is 219 Å². The standard InChI is InChI=1S/4C30H28N/c1-17-6-7-24-21(11-17)13-22-14-23-15-29-25(28(23)16-27(22)24)8-9-31(5)30(29)26-12-18(2)10-19(3)20(26)4;1-17-6-7-21-13-22-14-23-15-29-24(27(23)16-28(22)26(21)11-17)8-9-31(5)30(29)25-12-18(2)10-19(3)20(25)4;1-17-11-19(3)20(4)26(12-17)30-29-15-22-13-21-14-25-18(2)7-6-8-23(25)27(21)16-28(22)24(29)9-10-31(30)5;1-17-11-19(3)20(4)25(12-17)30-28-15-23-14-22-13-21-8-6-7-18(2)29(21)27(22)16-26(23)24(28)9-10-31(30)5/h2*6-12,14,16H,13,15H2,1-5H3;6-13,16H,14-15H2,1-5H3;6-12,14,16H,13,15H2,1-5H3/q4*+1. The van der Waals surface area contributed by atoms with Crippen LogP contribution in [0.2, 0.25) is 0 Å². The Balaban J connectivity index is 0.000000101. The third-order valence-electron chi connectivity index (χ3n) is 29.9. The first-order valence-corrected chi connectivity index (χ1v) is 45.1. The molecule has 0 radical (unpaired) electrons. The lowest BCUT2D eigenvalue weighted by Gasteiger charge is -2.12. The maximum atomic E-state index is 2.49.